The van der Waals surface area contributed by atoms with Gasteiger partial charge in [0.2, 0.25) is 0 Å². The number of rotatable bonds is 5. The standard InChI is InChI=1S/C9H17BrN4/c1-7(2)6-11-5-4-8-9(10)12-13-14(8)3/h7,11H,4-6H2,1-3H3. The maximum absolute atomic E-state index is 3.93. The van der Waals surface area contributed by atoms with Gasteiger partial charge in [0.15, 0.2) is 4.60 Å². The van der Waals surface area contributed by atoms with Crippen molar-refractivity contribution < 1.29 is 0 Å². The maximum atomic E-state index is 3.93. The quantitative estimate of drug-likeness (QED) is 0.814. The summed E-state index contributed by atoms with van der Waals surface area (Å²) in [7, 11) is 1.91. The van der Waals surface area contributed by atoms with Gasteiger partial charge in [-0.05, 0) is 28.4 Å². The molecule has 0 spiro atoms. The molecule has 0 aromatic carbocycles. The molecular formula is C9H17BrN4. The fourth-order valence-corrected chi connectivity index (χ4v) is 1.74. The van der Waals surface area contributed by atoms with Crippen LogP contribution in [0.1, 0.15) is 19.5 Å². The molecule has 1 rings (SSSR count). The minimum Gasteiger partial charge on any atom is -0.316 e. The number of hydrogen-bond donors (Lipinski definition) is 1. The molecule has 0 atom stereocenters. The normalized spacial score (nSPS) is 11.2. The lowest BCUT2D eigenvalue weighted by Gasteiger charge is -2.07. The van der Waals surface area contributed by atoms with Gasteiger partial charge in [0.1, 0.15) is 0 Å². The van der Waals surface area contributed by atoms with E-state index in [-0.39, 0.29) is 0 Å². The fraction of sp³-hybridized carbons (Fsp3) is 0.778. The Balaban J connectivity index is 2.31. The summed E-state index contributed by atoms with van der Waals surface area (Å²) in [4.78, 5) is 0. The minimum absolute atomic E-state index is 0.697. The molecule has 0 bridgehead atoms. The molecule has 0 aliphatic heterocycles. The van der Waals surface area contributed by atoms with Crippen LogP contribution in [-0.2, 0) is 13.5 Å². The zero-order chi connectivity index (χ0) is 10.6. The summed E-state index contributed by atoms with van der Waals surface area (Å²) in [6.07, 6.45) is 0.955. The second kappa shape index (κ2) is 5.46. The summed E-state index contributed by atoms with van der Waals surface area (Å²) < 4.78 is 2.66. The van der Waals surface area contributed by atoms with Gasteiger partial charge in [-0.15, -0.1) is 5.10 Å². The number of hydrogen-bond acceptors (Lipinski definition) is 3. The summed E-state index contributed by atoms with van der Waals surface area (Å²) in [6.45, 7) is 6.43. The zero-order valence-electron chi connectivity index (χ0n) is 8.92. The first-order chi connectivity index (χ1) is 6.61. The molecule has 0 fully saturated rings. The number of nitrogens with one attached hydrogen (secondary N) is 1. The fourth-order valence-electron chi connectivity index (χ4n) is 1.21. The van der Waals surface area contributed by atoms with Crippen molar-refractivity contribution in [1.29, 1.82) is 0 Å². The Morgan fingerprint density at radius 1 is 1.50 bits per heavy atom. The predicted octanol–water partition coefficient (Wildman–Crippen LogP) is 1.37. The van der Waals surface area contributed by atoms with Gasteiger partial charge in [0.25, 0.3) is 0 Å². The molecule has 0 amide bonds. The van der Waals surface area contributed by atoms with Crippen LogP contribution in [0.2, 0.25) is 0 Å². The van der Waals surface area contributed by atoms with E-state index >= 15 is 0 Å². The first-order valence-electron chi connectivity index (χ1n) is 4.86. The zero-order valence-corrected chi connectivity index (χ0v) is 10.5. The molecule has 1 aromatic heterocycles. The molecule has 80 valence electrons. The number of halogens is 1. The van der Waals surface area contributed by atoms with E-state index in [2.05, 4.69) is 45.4 Å². The van der Waals surface area contributed by atoms with Crippen molar-refractivity contribution in [3.05, 3.63) is 10.3 Å². The van der Waals surface area contributed by atoms with Gasteiger partial charge in [-0.25, -0.2) is 0 Å². The van der Waals surface area contributed by atoms with Crippen molar-refractivity contribution in [2.45, 2.75) is 20.3 Å². The molecule has 1 aromatic rings. The third-order valence-corrected chi connectivity index (χ3v) is 2.60. The van der Waals surface area contributed by atoms with Crippen LogP contribution in [0.4, 0.5) is 0 Å². The Labute approximate surface area is 93.2 Å². The second-order valence-corrected chi connectivity index (χ2v) is 4.55. The molecule has 4 nitrogen and oxygen atoms in total. The van der Waals surface area contributed by atoms with Crippen molar-refractivity contribution in [2.75, 3.05) is 13.1 Å². The van der Waals surface area contributed by atoms with Gasteiger partial charge >= 0.3 is 0 Å². The molecule has 0 aliphatic carbocycles. The Morgan fingerprint density at radius 2 is 2.21 bits per heavy atom. The van der Waals surface area contributed by atoms with Crippen molar-refractivity contribution >= 4 is 15.9 Å². The van der Waals surface area contributed by atoms with Gasteiger partial charge in [-0.2, -0.15) is 0 Å². The van der Waals surface area contributed by atoms with Gasteiger partial charge in [0, 0.05) is 20.0 Å². The van der Waals surface area contributed by atoms with Gasteiger partial charge < -0.3 is 5.32 Å². The van der Waals surface area contributed by atoms with E-state index in [0.717, 1.165) is 29.8 Å². The maximum Gasteiger partial charge on any atom is 0.151 e. The van der Waals surface area contributed by atoms with Crippen molar-refractivity contribution in [2.24, 2.45) is 13.0 Å². The number of aryl methyl sites for hydroxylation is 1. The second-order valence-electron chi connectivity index (χ2n) is 3.80. The van der Waals surface area contributed by atoms with Crippen LogP contribution in [0, 0.1) is 5.92 Å². The molecule has 0 aliphatic rings. The lowest BCUT2D eigenvalue weighted by atomic mass is 10.2. The molecular weight excluding hydrogens is 244 g/mol. The van der Waals surface area contributed by atoms with Crippen molar-refractivity contribution in [3.8, 4) is 0 Å². The summed E-state index contributed by atoms with van der Waals surface area (Å²) in [5.74, 6) is 0.697. The highest BCUT2D eigenvalue weighted by atomic mass is 79.9. The Bertz CT molecular complexity index is 263. The van der Waals surface area contributed by atoms with Crippen LogP contribution in [0.3, 0.4) is 0 Å². The highest BCUT2D eigenvalue weighted by Crippen LogP contribution is 2.11. The summed E-state index contributed by atoms with van der Waals surface area (Å²) in [5, 5.41) is 11.2. The molecule has 1 heterocycles. The SMILES string of the molecule is CC(C)CNCCc1c(Br)nnn1C. The molecule has 0 radical (unpaired) electrons. The Morgan fingerprint density at radius 3 is 2.71 bits per heavy atom. The van der Waals surface area contributed by atoms with E-state index in [0.29, 0.717) is 5.92 Å². The predicted molar refractivity (Wildman–Crippen MR) is 60.1 cm³/mol. The first-order valence-corrected chi connectivity index (χ1v) is 5.65. The van der Waals surface area contributed by atoms with Gasteiger partial charge in [0.05, 0.1) is 5.69 Å². The van der Waals surface area contributed by atoms with Crippen LogP contribution in [0.5, 0.6) is 0 Å². The van der Waals surface area contributed by atoms with E-state index in [1.54, 1.807) is 4.68 Å². The van der Waals surface area contributed by atoms with E-state index in [9.17, 15) is 0 Å². The smallest absolute Gasteiger partial charge is 0.151 e. The number of nitrogens with zero attached hydrogens (tertiary/aromatic N) is 3. The lowest BCUT2D eigenvalue weighted by Crippen LogP contribution is -2.22. The molecule has 0 saturated heterocycles. The molecule has 5 heteroatoms. The topological polar surface area (TPSA) is 42.7 Å². The Hall–Kier alpha value is -0.420. The third-order valence-electron chi connectivity index (χ3n) is 1.99. The van der Waals surface area contributed by atoms with E-state index in [1.807, 2.05) is 7.05 Å². The molecule has 0 saturated carbocycles. The Kier molecular flexibility index (Phi) is 4.54. The van der Waals surface area contributed by atoms with Gasteiger partial charge in [-0.1, -0.05) is 19.1 Å². The van der Waals surface area contributed by atoms with Crippen molar-refractivity contribution in [3.63, 3.8) is 0 Å². The van der Waals surface area contributed by atoms with Crippen LogP contribution >= 0.6 is 15.9 Å². The van der Waals surface area contributed by atoms with Crippen LogP contribution in [0.15, 0.2) is 4.60 Å². The minimum atomic E-state index is 0.697. The summed E-state index contributed by atoms with van der Waals surface area (Å²) in [5.41, 5.74) is 1.14. The van der Waals surface area contributed by atoms with E-state index < -0.39 is 0 Å². The van der Waals surface area contributed by atoms with Crippen LogP contribution in [-0.4, -0.2) is 28.1 Å². The lowest BCUT2D eigenvalue weighted by molar-refractivity contribution is 0.546. The highest BCUT2D eigenvalue weighted by Gasteiger charge is 2.06. The molecule has 1 N–H and O–H groups in total. The van der Waals surface area contributed by atoms with Crippen LogP contribution < -0.4 is 5.32 Å². The largest absolute Gasteiger partial charge is 0.316 e. The average Bonchev–Trinajstić information content (AvgIpc) is 2.42. The number of aromatic nitrogens is 3. The van der Waals surface area contributed by atoms with Gasteiger partial charge in [-0.3, -0.25) is 4.68 Å². The monoisotopic (exact) mass is 260 g/mol. The highest BCUT2D eigenvalue weighted by molar-refractivity contribution is 9.10. The summed E-state index contributed by atoms with van der Waals surface area (Å²) >= 11 is 3.38. The van der Waals surface area contributed by atoms with Crippen molar-refractivity contribution in [1.82, 2.24) is 20.3 Å². The molecule has 14 heavy (non-hydrogen) atoms. The average molecular weight is 261 g/mol. The van der Waals surface area contributed by atoms with Crippen LogP contribution in [0.25, 0.3) is 0 Å². The van der Waals surface area contributed by atoms with E-state index in [4.69, 9.17) is 0 Å². The summed E-state index contributed by atoms with van der Waals surface area (Å²) in [6, 6.07) is 0. The van der Waals surface area contributed by atoms with E-state index in [1.165, 1.54) is 0 Å². The first kappa shape index (κ1) is 11.7. The molecule has 0 unspecified atom stereocenters. The third kappa shape index (κ3) is 3.38.